The lowest BCUT2D eigenvalue weighted by molar-refractivity contribution is 0.102. The third kappa shape index (κ3) is 2.53. The van der Waals surface area contributed by atoms with E-state index in [2.05, 4.69) is 47.4 Å². The highest BCUT2D eigenvalue weighted by Gasteiger charge is 2.18. The first-order valence-electron chi connectivity index (χ1n) is 5.75. The van der Waals surface area contributed by atoms with E-state index in [0.29, 0.717) is 39.5 Å². The Bertz CT molecular complexity index is 672. The summed E-state index contributed by atoms with van der Waals surface area (Å²) in [6.45, 7) is 1.04. The van der Waals surface area contributed by atoms with Crippen molar-refractivity contribution in [3.63, 3.8) is 0 Å². The summed E-state index contributed by atoms with van der Waals surface area (Å²) in [7, 11) is 0. The van der Waals surface area contributed by atoms with Gasteiger partial charge in [-0.1, -0.05) is 0 Å². The number of nitrogens with one attached hydrogen (secondary N) is 2. The van der Waals surface area contributed by atoms with Crippen molar-refractivity contribution in [2.24, 2.45) is 0 Å². The molecular weight excluding hydrogens is 394 g/mol. The average molecular weight is 403 g/mol. The van der Waals surface area contributed by atoms with Gasteiger partial charge in [0.1, 0.15) is 17.8 Å². The predicted octanol–water partition coefficient (Wildman–Crippen LogP) is 2.96. The second-order valence-electron chi connectivity index (χ2n) is 4.01. The summed E-state index contributed by atoms with van der Waals surface area (Å²) >= 11 is 6.52. The summed E-state index contributed by atoms with van der Waals surface area (Å²) in [6, 6.07) is 5.24. The lowest BCUT2D eigenvalue weighted by atomic mass is 10.2. The van der Waals surface area contributed by atoms with Gasteiger partial charge in [0, 0.05) is 11.8 Å². The SMILES string of the molecule is O=C(Nc1ccc2c(c1)OCCO2)c1n[nH]c(Br)c1Br. The van der Waals surface area contributed by atoms with E-state index >= 15 is 0 Å². The van der Waals surface area contributed by atoms with Crippen LogP contribution in [0.2, 0.25) is 0 Å². The minimum absolute atomic E-state index is 0.270. The van der Waals surface area contributed by atoms with Crippen LogP contribution in [0.3, 0.4) is 0 Å². The normalized spacial score (nSPS) is 13.1. The molecule has 2 aromatic rings. The number of carbonyl (C=O) groups excluding carboxylic acids is 1. The molecule has 8 heteroatoms. The Balaban J connectivity index is 1.81. The van der Waals surface area contributed by atoms with Crippen LogP contribution in [0.1, 0.15) is 10.5 Å². The van der Waals surface area contributed by atoms with Gasteiger partial charge in [-0.3, -0.25) is 9.89 Å². The Labute approximate surface area is 131 Å². The molecule has 1 aromatic heterocycles. The molecule has 1 amide bonds. The Morgan fingerprint density at radius 3 is 2.70 bits per heavy atom. The molecule has 1 aliphatic heterocycles. The molecule has 0 spiro atoms. The van der Waals surface area contributed by atoms with Crippen molar-refractivity contribution in [2.45, 2.75) is 0 Å². The molecule has 0 saturated carbocycles. The Kier molecular flexibility index (Phi) is 3.66. The van der Waals surface area contributed by atoms with E-state index < -0.39 is 0 Å². The maximum Gasteiger partial charge on any atom is 0.277 e. The lowest BCUT2D eigenvalue weighted by Crippen LogP contribution is -2.16. The van der Waals surface area contributed by atoms with Crippen molar-refractivity contribution >= 4 is 43.5 Å². The molecule has 0 bridgehead atoms. The highest BCUT2D eigenvalue weighted by atomic mass is 79.9. The van der Waals surface area contributed by atoms with Crippen molar-refractivity contribution in [1.82, 2.24) is 10.2 Å². The van der Waals surface area contributed by atoms with E-state index in [1.54, 1.807) is 18.2 Å². The number of H-pyrrole nitrogens is 1. The highest BCUT2D eigenvalue weighted by Crippen LogP contribution is 2.33. The third-order valence-corrected chi connectivity index (χ3v) is 4.56. The highest BCUT2D eigenvalue weighted by molar-refractivity contribution is 9.13. The quantitative estimate of drug-likeness (QED) is 0.809. The van der Waals surface area contributed by atoms with E-state index in [-0.39, 0.29) is 11.6 Å². The standard InChI is InChI=1S/C12H9Br2N3O3/c13-9-10(16-17-11(9)14)12(18)15-6-1-2-7-8(5-6)20-4-3-19-7/h1-2,5H,3-4H2,(H,15,18)(H,16,17). The van der Waals surface area contributed by atoms with Gasteiger partial charge in [0.25, 0.3) is 5.91 Å². The molecule has 3 rings (SSSR count). The molecule has 0 radical (unpaired) electrons. The summed E-state index contributed by atoms with van der Waals surface area (Å²) in [5.41, 5.74) is 0.886. The number of carbonyl (C=O) groups is 1. The summed E-state index contributed by atoms with van der Waals surface area (Å²) in [5.74, 6) is 0.977. The molecular formula is C12H9Br2N3O3. The van der Waals surface area contributed by atoms with Crippen LogP contribution in [0, 0.1) is 0 Å². The van der Waals surface area contributed by atoms with E-state index in [4.69, 9.17) is 9.47 Å². The largest absolute Gasteiger partial charge is 0.486 e. The van der Waals surface area contributed by atoms with Gasteiger partial charge in [-0.2, -0.15) is 5.10 Å². The fraction of sp³-hybridized carbons (Fsp3) is 0.167. The number of fused-ring (bicyclic) bond motifs is 1. The van der Waals surface area contributed by atoms with Crippen LogP contribution in [0.25, 0.3) is 0 Å². The van der Waals surface area contributed by atoms with Gasteiger partial charge in [-0.25, -0.2) is 0 Å². The minimum atomic E-state index is -0.324. The molecule has 0 fully saturated rings. The summed E-state index contributed by atoms with van der Waals surface area (Å²) in [5, 5.41) is 9.33. The first-order valence-corrected chi connectivity index (χ1v) is 7.34. The third-order valence-electron chi connectivity index (χ3n) is 2.68. The summed E-state index contributed by atoms with van der Waals surface area (Å²) in [6.07, 6.45) is 0. The molecule has 2 N–H and O–H groups in total. The van der Waals surface area contributed by atoms with Gasteiger partial charge in [-0.05, 0) is 44.0 Å². The second-order valence-corrected chi connectivity index (χ2v) is 5.60. The molecule has 1 aromatic carbocycles. The second kappa shape index (κ2) is 5.45. The predicted molar refractivity (Wildman–Crippen MR) is 79.4 cm³/mol. The first kappa shape index (κ1) is 13.4. The number of nitrogens with zero attached hydrogens (tertiary/aromatic N) is 1. The topological polar surface area (TPSA) is 76.2 Å². The zero-order chi connectivity index (χ0) is 14.1. The summed E-state index contributed by atoms with van der Waals surface area (Å²) in [4.78, 5) is 12.1. The van der Waals surface area contributed by atoms with Crippen LogP contribution in [0.5, 0.6) is 11.5 Å². The van der Waals surface area contributed by atoms with Crippen molar-refractivity contribution in [3.8, 4) is 11.5 Å². The number of aromatic nitrogens is 2. The molecule has 0 saturated heterocycles. The molecule has 0 aliphatic carbocycles. The van der Waals surface area contributed by atoms with Crippen molar-refractivity contribution in [2.75, 3.05) is 18.5 Å². The molecule has 20 heavy (non-hydrogen) atoms. The number of benzene rings is 1. The van der Waals surface area contributed by atoms with E-state index in [0.717, 1.165) is 0 Å². The number of ether oxygens (including phenoxy) is 2. The molecule has 1 aliphatic rings. The van der Waals surface area contributed by atoms with E-state index in [1.165, 1.54) is 0 Å². The number of hydrogen-bond donors (Lipinski definition) is 2. The summed E-state index contributed by atoms with van der Waals surface area (Å²) < 4.78 is 12.1. The number of aromatic amines is 1. The number of halogens is 2. The van der Waals surface area contributed by atoms with Crippen LogP contribution >= 0.6 is 31.9 Å². The van der Waals surface area contributed by atoms with Crippen LogP contribution < -0.4 is 14.8 Å². The fourth-order valence-corrected chi connectivity index (χ4v) is 2.40. The van der Waals surface area contributed by atoms with Gasteiger partial charge in [0.05, 0.1) is 4.47 Å². The van der Waals surface area contributed by atoms with Gasteiger partial charge in [-0.15, -0.1) is 0 Å². The fourth-order valence-electron chi connectivity index (χ4n) is 1.77. The van der Waals surface area contributed by atoms with E-state index in [1.807, 2.05) is 0 Å². The smallest absolute Gasteiger partial charge is 0.277 e. The Morgan fingerprint density at radius 1 is 1.25 bits per heavy atom. The van der Waals surface area contributed by atoms with E-state index in [9.17, 15) is 4.79 Å². The first-order chi connectivity index (χ1) is 9.65. The minimum Gasteiger partial charge on any atom is -0.486 e. The van der Waals surface area contributed by atoms with Crippen LogP contribution in [-0.2, 0) is 0 Å². The molecule has 2 heterocycles. The number of hydrogen-bond acceptors (Lipinski definition) is 4. The van der Waals surface area contributed by atoms with Gasteiger partial charge in [0.15, 0.2) is 17.2 Å². The molecule has 0 atom stereocenters. The zero-order valence-corrected chi connectivity index (χ0v) is 13.2. The Hall–Kier alpha value is -1.54. The van der Waals surface area contributed by atoms with Gasteiger partial charge >= 0.3 is 0 Å². The number of anilines is 1. The van der Waals surface area contributed by atoms with Gasteiger partial charge in [0.2, 0.25) is 0 Å². The van der Waals surface area contributed by atoms with Crippen LogP contribution in [0.15, 0.2) is 27.3 Å². The van der Waals surface area contributed by atoms with Crippen LogP contribution in [0.4, 0.5) is 5.69 Å². The lowest BCUT2D eigenvalue weighted by Gasteiger charge is -2.18. The number of rotatable bonds is 2. The zero-order valence-electron chi connectivity index (χ0n) is 10.1. The molecule has 6 nitrogen and oxygen atoms in total. The average Bonchev–Trinajstić information content (AvgIpc) is 2.79. The van der Waals surface area contributed by atoms with Gasteiger partial charge < -0.3 is 14.8 Å². The Morgan fingerprint density at radius 2 is 2.00 bits per heavy atom. The maximum atomic E-state index is 12.1. The van der Waals surface area contributed by atoms with Crippen molar-refractivity contribution < 1.29 is 14.3 Å². The number of amides is 1. The van der Waals surface area contributed by atoms with Crippen molar-refractivity contribution in [3.05, 3.63) is 33.0 Å². The van der Waals surface area contributed by atoms with Crippen molar-refractivity contribution in [1.29, 1.82) is 0 Å². The molecule has 104 valence electrons. The van der Waals surface area contributed by atoms with Crippen LogP contribution in [-0.4, -0.2) is 29.3 Å². The molecule has 0 unspecified atom stereocenters. The maximum absolute atomic E-state index is 12.1. The monoisotopic (exact) mass is 401 g/mol.